The molecule has 0 spiro atoms. The van der Waals surface area contributed by atoms with Gasteiger partial charge in [-0.3, -0.25) is 16.0 Å². The van der Waals surface area contributed by atoms with Crippen LogP contribution >= 0.6 is 59.1 Å². The van der Waals surface area contributed by atoms with E-state index in [1.807, 2.05) is 11.7 Å². The van der Waals surface area contributed by atoms with Crippen molar-refractivity contribution < 1.29 is 0 Å². The van der Waals surface area contributed by atoms with E-state index in [4.69, 9.17) is 5.84 Å². The summed E-state index contributed by atoms with van der Waals surface area (Å²) in [5, 5.41) is 4.52. The first-order valence-electron chi connectivity index (χ1n) is 6.09. The van der Waals surface area contributed by atoms with Gasteiger partial charge in [-0.2, -0.15) is 5.10 Å². The van der Waals surface area contributed by atoms with Gasteiger partial charge in [0.2, 0.25) is 0 Å². The first kappa shape index (κ1) is 16.6. The predicted octanol–water partition coefficient (Wildman–Crippen LogP) is 4.08. The fourth-order valence-electron chi connectivity index (χ4n) is 2.08. The Bertz CT molecular complexity index is 608. The van der Waals surface area contributed by atoms with E-state index < -0.39 is 0 Å². The summed E-state index contributed by atoms with van der Waals surface area (Å²) in [6.07, 6.45) is 1.67. The van der Waals surface area contributed by atoms with Gasteiger partial charge in [-0.05, 0) is 65.8 Å². The SMILES string of the molecule is CCc1nn(C)c(CC(NN)c2cc(Br)sc2Br)c1Br. The van der Waals surface area contributed by atoms with Crippen LogP contribution in [0.15, 0.2) is 18.1 Å². The quantitative estimate of drug-likeness (QED) is 0.494. The van der Waals surface area contributed by atoms with Crippen LogP contribution in [-0.4, -0.2) is 9.78 Å². The van der Waals surface area contributed by atoms with Crippen molar-refractivity contribution in [2.24, 2.45) is 12.9 Å². The smallest absolute Gasteiger partial charge is 0.0766 e. The lowest BCUT2D eigenvalue weighted by molar-refractivity contribution is 0.529. The molecule has 20 heavy (non-hydrogen) atoms. The van der Waals surface area contributed by atoms with E-state index in [1.54, 1.807) is 11.3 Å². The van der Waals surface area contributed by atoms with Crippen LogP contribution < -0.4 is 11.3 Å². The summed E-state index contributed by atoms with van der Waals surface area (Å²) in [7, 11) is 1.96. The maximum atomic E-state index is 5.74. The molecular formula is C12H15Br3N4S. The number of hydrazine groups is 1. The van der Waals surface area contributed by atoms with Gasteiger partial charge in [-0.1, -0.05) is 6.92 Å². The zero-order valence-corrected chi connectivity index (χ0v) is 16.7. The van der Waals surface area contributed by atoms with Gasteiger partial charge in [0.25, 0.3) is 0 Å². The standard InChI is InChI=1S/C12H15Br3N4S/c1-3-7-11(14)9(19(2)18-7)5-8(17-16)6-4-10(13)20-12(6)15/h4,8,17H,3,5,16H2,1-2H3. The van der Waals surface area contributed by atoms with E-state index in [0.29, 0.717) is 0 Å². The highest BCUT2D eigenvalue weighted by atomic mass is 79.9. The Kier molecular flexibility index (Phi) is 5.84. The third-order valence-electron chi connectivity index (χ3n) is 3.16. The van der Waals surface area contributed by atoms with Crippen molar-refractivity contribution in [2.45, 2.75) is 25.8 Å². The Morgan fingerprint density at radius 3 is 2.60 bits per heavy atom. The molecule has 2 rings (SSSR count). The van der Waals surface area contributed by atoms with Crippen LogP contribution in [0.25, 0.3) is 0 Å². The van der Waals surface area contributed by atoms with Gasteiger partial charge >= 0.3 is 0 Å². The van der Waals surface area contributed by atoms with E-state index in [-0.39, 0.29) is 6.04 Å². The molecule has 0 radical (unpaired) electrons. The normalized spacial score (nSPS) is 12.9. The van der Waals surface area contributed by atoms with Crippen LogP contribution in [0.4, 0.5) is 0 Å². The number of nitrogens with zero attached hydrogens (tertiary/aromatic N) is 2. The van der Waals surface area contributed by atoms with Gasteiger partial charge in [-0.15, -0.1) is 11.3 Å². The summed E-state index contributed by atoms with van der Waals surface area (Å²) in [4.78, 5) is 0. The van der Waals surface area contributed by atoms with E-state index in [0.717, 1.165) is 41.8 Å². The zero-order chi connectivity index (χ0) is 14.9. The number of thiophene rings is 1. The lowest BCUT2D eigenvalue weighted by atomic mass is 10.1. The Balaban J connectivity index is 2.31. The lowest BCUT2D eigenvalue weighted by Gasteiger charge is -2.16. The maximum absolute atomic E-state index is 5.74. The minimum atomic E-state index is 0.0309. The lowest BCUT2D eigenvalue weighted by Crippen LogP contribution is -2.30. The molecule has 4 nitrogen and oxygen atoms in total. The summed E-state index contributed by atoms with van der Waals surface area (Å²) in [5.41, 5.74) is 6.26. The van der Waals surface area contributed by atoms with Crippen LogP contribution in [-0.2, 0) is 19.9 Å². The number of hydrogen-bond donors (Lipinski definition) is 2. The fraction of sp³-hybridized carbons (Fsp3) is 0.417. The molecule has 110 valence electrons. The zero-order valence-electron chi connectivity index (χ0n) is 11.1. The van der Waals surface area contributed by atoms with Crippen molar-refractivity contribution in [3.63, 3.8) is 0 Å². The van der Waals surface area contributed by atoms with Crippen LogP contribution in [0.3, 0.4) is 0 Å². The average Bonchev–Trinajstić information content (AvgIpc) is 2.87. The van der Waals surface area contributed by atoms with Crippen molar-refractivity contribution in [3.05, 3.63) is 35.1 Å². The van der Waals surface area contributed by atoms with E-state index in [9.17, 15) is 0 Å². The molecule has 0 saturated carbocycles. The third kappa shape index (κ3) is 3.36. The molecule has 8 heteroatoms. The second kappa shape index (κ2) is 7.02. The molecule has 0 saturated heterocycles. The maximum Gasteiger partial charge on any atom is 0.0766 e. The molecule has 0 aromatic carbocycles. The van der Waals surface area contributed by atoms with Crippen molar-refractivity contribution in [2.75, 3.05) is 0 Å². The Hall–Kier alpha value is 0.270. The predicted molar refractivity (Wildman–Crippen MR) is 93.8 cm³/mol. The molecule has 1 atom stereocenters. The number of rotatable bonds is 5. The van der Waals surface area contributed by atoms with Crippen molar-refractivity contribution >= 4 is 59.1 Å². The topological polar surface area (TPSA) is 55.9 Å². The second-order valence-electron chi connectivity index (χ2n) is 4.39. The monoisotopic (exact) mass is 484 g/mol. The molecule has 0 bridgehead atoms. The summed E-state index contributed by atoms with van der Waals surface area (Å²) >= 11 is 12.4. The highest BCUT2D eigenvalue weighted by Gasteiger charge is 2.21. The highest BCUT2D eigenvalue weighted by Crippen LogP contribution is 2.37. The van der Waals surface area contributed by atoms with E-state index >= 15 is 0 Å². The molecule has 0 amide bonds. The van der Waals surface area contributed by atoms with Gasteiger partial charge in [0.15, 0.2) is 0 Å². The third-order valence-corrected chi connectivity index (χ3v) is 6.46. The molecule has 3 N–H and O–H groups in total. The minimum absolute atomic E-state index is 0.0309. The molecule has 2 heterocycles. The van der Waals surface area contributed by atoms with Gasteiger partial charge < -0.3 is 0 Å². The van der Waals surface area contributed by atoms with Crippen LogP contribution in [0.2, 0.25) is 0 Å². The molecule has 0 aliphatic rings. The van der Waals surface area contributed by atoms with Gasteiger partial charge in [0, 0.05) is 13.5 Å². The molecule has 1 unspecified atom stereocenters. The number of halogens is 3. The number of aromatic nitrogens is 2. The van der Waals surface area contributed by atoms with Crippen molar-refractivity contribution in [1.29, 1.82) is 0 Å². The molecule has 0 fully saturated rings. The fourth-order valence-corrected chi connectivity index (χ4v) is 5.84. The molecular weight excluding hydrogens is 472 g/mol. The van der Waals surface area contributed by atoms with Gasteiger partial charge in [0.1, 0.15) is 0 Å². The van der Waals surface area contributed by atoms with Gasteiger partial charge in [-0.25, -0.2) is 0 Å². The number of nitrogens with one attached hydrogen (secondary N) is 1. The first-order valence-corrected chi connectivity index (χ1v) is 9.28. The number of hydrogen-bond acceptors (Lipinski definition) is 4. The minimum Gasteiger partial charge on any atom is -0.271 e. The number of aryl methyl sites for hydroxylation is 2. The van der Waals surface area contributed by atoms with Crippen LogP contribution in [0.5, 0.6) is 0 Å². The van der Waals surface area contributed by atoms with Crippen molar-refractivity contribution in [3.8, 4) is 0 Å². The van der Waals surface area contributed by atoms with E-state index in [1.165, 1.54) is 0 Å². The van der Waals surface area contributed by atoms with Crippen molar-refractivity contribution in [1.82, 2.24) is 15.2 Å². The summed E-state index contributed by atoms with van der Waals surface area (Å²) < 4.78 is 5.16. The number of nitrogens with two attached hydrogens (primary N) is 1. The average molecular weight is 487 g/mol. The summed E-state index contributed by atoms with van der Waals surface area (Å²) in [6.45, 7) is 2.10. The molecule has 0 aliphatic carbocycles. The Labute approximate surface area is 147 Å². The highest BCUT2D eigenvalue weighted by molar-refractivity contribution is 9.12. The van der Waals surface area contributed by atoms with Crippen LogP contribution in [0, 0.1) is 0 Å². The summed E-state index contributed by atoms with van der Waals surface area (Å²) in [6, 6.07) is 2.12. The molecule has 0 aliphatic heterocycles. The molecule has 2 aromatic heterocycles. The second-order valence-corrected chi connectivity index (χ2v) is 8.93. The van der Waals surface area contributed by atoms with Gasteiger partial charge in [0.05, 0.1) is 29.5 Å². The van der Waals surface area contributed by atoms with Crippen LogP contribution in [0.1, 0.15) is 29.9 Å². The first-order chi connectivity index (χ1) is 9.47. The Morgan fingerprint density at radius 1 is 1.45 bits per heavy atom. The Morgan fingerprint density at radius 2 is 2.15 bits per heavy atom. The largest absolute Gasteiger partial charge is 0.271 e. The summed E-state index contributed by atoms with van der Waals surface area (Å²) in [5.74, 6) is 5.74. The molecule has 2 aromatic rings. The van der Waals surface area contributed by atoms with E-state index in [2.05, 4.69) is 71.3 Å².